The van der Waals surface area contributed by atoms with E-state index in [0.29, 0.717) is 27.8 Å². The number of fused-ring (bicyclic) bond motifs is 1. The van der Waals surface area contributed by atoms with Crippen LogP contribution in [0, 0.1) is 5.82 Å². The van der Waals surface area contributed by atoms with Gasteiger partial charge in [-0.25, -0.2) is 4.39 Å². The minimum atomic E-state index is -0.762. The third-order valence-electron chi connectivity index (χ3n) is 3.14. The summed E-state index contributed by atoms with van der Waals surface area (Å²) in [6.07, 6.45) is -0.762. The average Bonchev–Trinajstić information content (AvgIpc) is 2.91. The van der Waals surface area contributed by atoms with Crippen LogP contribution in [0.5, 0.6) is 11.5 Å². The van der Waals surface area contributed by atoms with Crippen molar-refractivity contribution in [1.29, 1.82) is 0 Å². The van der Waals surface area contributed by atoms with Gasteiger partial charge >= 0.3 is 0 Å². The number of nitrogens with one attached hydrogen (secondary N) is 1. The Bertz CT molecular complexity index is 645. The van der Waals surface area contributed by atoms with Crippen LogP contribution in [0.3, 0.4) is 0 Å². The molecule has 0 bridgehead atoms. The summed E-state index contributed by atoms with van der Waals surface area (Å²) in [6, 6.07) is 9.38. The molecule has 110 valence electrons. The van der Waals surface area contributed by atoms with Crippen molar-refractivity contribution in [3.05, 3.63) is 52.8 Å². The summed E-state index contributed by atoms with van der Waals surface area (Å²) >= 11 is 5.77. The van der Waals surface area contributed by atoms with E-state index in [1.807, 2.05) is 0 Å². The summed E-state index contributed by atoms with van der Waals surface area (Å²) in [7, 11) is 0. The van der Waals surface area contributed by atoms with E-state index in [9.17, 15) is 9.50 Å². The molecule has 0 saturated heterocycles. The van der Waals surface area contributed by atoms with Gasteiger partial charge in [-0.15, -0.1) is 0 Å². The molecule has 0 fully saturated rings. The summed E-state index contributed by atoms with van der Waals surface area (Å²) in [6.45, 7) is 0.411. The Morgan fingerprint density at radius 1 is 1.19 bits per heavy atom. The Hall–Kier alpha value is -1.98. The summed E-state index contributed by atoms with van der Waals surface area (Å²) in [5, 5.41) is 13.4. The highest BCUT2D eigenvalue weighted by Gasteiger charge is 2.16. The molecule has 3 rings (SSSR count). The molecule has 1 heterocycles. The van der Waals surface area contributed by atoms with Crippen LogP contribution in [0.1, 0.15) is 11.7 Å². The Labute approximate surface area is 126 Å². The van der Waals surface area contributed by atoms with Gasteiger partial charge in [0.05, 0.1) is 6.10 Å². The lowest BCUT2D eigenvalue weighted by molar-refractivity contribution is 0.173. The smallest absolute Gasteiger partial charge is 0.231 e. The Balaban J connectivity index is 1.67. The molecule has 0 amide bonds. The van der Waals surface area contributed by atoms with Gasteiger partial charge in [0, 0.05) is 17.3 Å². The van der Waals surface area contributed by atoms with Crippen LogP contribution in [-0.4, -0.2) is 18.4 Å². The zero-order chi connectivity index (χ0) is 14.8. The van der Waals surface area contributed by atoms with E-state index < -0.39 is 11.9 Å². The number of anilines is 1. The Kier molecular flexibility index (Phi) is 3.86. The lowest BCUT2D eigenvalue weighted by Gasteiger charge is -2.14. The van der Waals surface area contributed by atoms with Gasteiger partial charge in [0.2, 0.25) is 6.79 Å². The van der Waals surface area contributed by atoms with Crippen molar-refractivity contribution in [1.82, 2.24) is 0 Å². The third kappa shape index (κ3) is 3.20. The predicted octanol–water partition coefficient (Wildman–Crippen LogP) is 3.35. The molecule has 1 unspecified atom stereocenters. The van der Waals surface area contributed by atoms with Crippen LogP contribution in [-0.2, 0) is 0 Å². The van der Waals surface area contributed by atoms with E-state index in [1.165, 1.54) is 12.1 Å². The van der Waals surface area contributed by atoms with Crippen LogP contribution in [0.25, 0.3) is 0 Å². The maximum atomic E-state index is 13.2. The van der Waals surface area contributed by atoms with E-state index >= 15 is 0 Å². The van der Waals surface area contributed by atoms with Gasteiger partial charge in [-0.05, 0) is 35.9 Å². The molecular weight excluding hydrogens is 297 g/mol. The first-order valence-electron chi connectivity index (χ1n) is 6.39. The topological polar surface area (TPSA) is 50.7 Å². The minimum absolute atomic E-state index is 0.189. The van der Waals surface area contributed by atoms with Crippen molar-refractivity contribution in [3.63, 3.8) is 0 Å². The summed E-state index contributed by atoms with van der Waals surface area (Å²) < 4.78 is 23.7. The fraction of sp³-hybridized carbons (Fsp3) is 0.200. The fourth-order valence-electron chi connectivity index (χ4n) is 2.11. The fourth-order valence-corrected chi connectivity index (χ4v) is 2.33. The first-order chi connectivity index (χ1) is 10.1. The van der Waals surface area contributed by atoms with Gasteiger partial charge in [0.1, 0.15) is 5.82 Å². The van der Waals surface area contributed by atoms with Gasteiger partial charge in [0.25, 0.3) is 0 Å². The van der Waals surface area contributed by atoms with Crippen LogP contribution in [0.2, 0.25) is 5.02 Å². The number of ether oxygens (including phenoxy) is 2. The van der Waals surface area contributed by atoms with Crippen molar-refractivity contribution in [2.45, 2.75) is 6.10 Å². The van der Waals surface area contributed by atoms with E-state index in [0.717, 1.165) is 0 Å². The van der Waals surface area contributed by atoms with Gasteiger partial charge < -0.3 is 19.9 Å². The maximum absolute atomic E-state index is 13.2. The lowest BCUT2D eigenvalue weighted by Crippen LogP contribution is -2.12. The Morgan fingerprint density at radius 3 is 2.81 bits per heavy atom. The SMILES string of the molecule is OC(CNc1cc(F)cc(Cl)c1)c1ccc2c(c1)OCO2. The maximum Gasteiger partial charge on any atom is 0.231 e. The molecule has 0 aromatic heterocycles. The van der Waals surface area contributed by atoms with Crippen molar-refractivity contribution in [2.24, 2.45) is 0 Å². The highest BCUT2D eigenvalue weighted by atomic mass is 35.5. The van der Waals surface area contributed by atoms with E-state index in [2.05, 4.69) is 5.32 Å². The number of rotatable bonds is 4. The summed E-state index contributed by atoms with van der Waals surface area (Å²) in [5.74, 6) is 0.846. The van der Waals surface area contributed by atoms with E-state index in [4.69, 9.17) is 21.1 Å². The minimum Gasteiger partial charge on any atom is -0.454 e. The van der Waals surface area contributed by atoms with Gasteiger partial charge in [-0.2, -0.15) is 0 Å². The quantitative estimate of drug-likeness (QED) is 0.909. The number of halogens is 2. The van der Waals surface area contributed by atoms with Crippen LogP contribution in [0.4, 0.5) is 10.1 Å². The van der Waals surface area contributed by atoms with Crippen molar-refractivity contribution in [3.8, 4) is 11.5 Å². The van der Waals surface area contributed by atoms with Gasteiger partial charge in [0.15, 0.2) is 11.5 Å². The summed E-state index contributed by atoms with van der Waals surface area (Å²) in [5.41, 5.74) is 1.20. The van der Waals surface area contributed by atoms with Gasteiger partial charge in [-0.3, -0.25) is 0 Å². The molecule has 2 aromatic carbocycles. The average molecular weight is 310 g/mol. The molecule has 0 aliphatic carbocycles. The molecule has 1 aliphatic heterocycles. The molecule has 2 aromatic rings. The second-order valence-electron chi connectivity index (χ2n) is 4.67. The number of hydrogen-bond acceptors (Lipinski definition) is 4. The Morgan fingerprint density at radius 2 is 2.00 bits per heavy atom. The van der Waals surface area contributed by atoms with Crippen LogP contribution < -0.4 is 14.8 Å². The van der Waals surface area contributed by atoms with Crippen LogP contribution in [0.15, 0.2) is 36.4 Å². The molecule has 2 N–H and O–H groups in total. The van der Waals surface area contributed by atoms with Crippen molar-refractivity contribution >= 4 is 17.3 Å². The largest absolute Gasteiger partial charge is 0.454 e. The first-order valence-corrected chi connectivity index (χ1v) is 6.77. The zero-order valence-electron chi connectivity index (χ0n) is 11.0. The van der Waals surface area contributed by atoms with Crippen LogP contribution >= 0.6 is 11.6 Å². The van der Waals surface area contributed by atoms with Crippen molar-refractivity contribution < 1.29 is 19.0 Å². The molecule has 1 atom stereocenters. The lowest BCUT2D eigenvalue weighted by atomic mass is 10.1. The predicted molar refractivity (Wildman–Crippen MR) is 77.4 cm³/mol. The number of aliphatic hydroxyl groups excluding tert-OH is 1. The second-order valence-corrected chi connectivity index (χ2v) is 5.10. The number of aliphatic hydroxyl groups is 1. The summed E-state index contributed by atoms with van der Waals surface area (Å²) in [4.78, 5) is 0. The second kappa shape index (κ2) is 5.79. The molecule has 21 heavy (non-hydrogen) atoms. The van der Waals surface area contributed by atoms with Gasteiger partial charge in [-0.1, -0.05) is 17.7 Å². The zero-order valence-corrected chi connectivity index (χ0v) is 11.7. The highest BCUT2D eigenvalue weighted by molar-refractivity contribution is 6.30. The molecule has 4 nitrogen and oxygen atoms in total. The third-order valence-corrected chi connectivity index (χ3v) is 3.36. The monoisotopic (exact) mass is 309 g/mol. The molecule has 0 spiro atoms. The molecular formula is C15H13ClFNO3. The molecule has 0 radical (unpaired) electrons. The first kappa shape index (κ1) is 14.0. The molecule has 6 heteroatoms. The van der Waals surface area contributed by atoms with E-state index in [1.54, 1.807) is 24.3 Å². The van der Waals surface area contributed by atoms with E-state index in [-0.39, 0.29) is 13.3 Å². The number of benzene rings is 2. The standard InChI is InChI=1S/C15H13ClFNO3/c16-10-4-11(17)6-12(5-10)18-7-13(19)9-1-2-14-15(3-9)21-8-20-14/h1-6,13,18-19H,7-8H2. The van der Waals surface area contributed by atoms with Crippen molar-refractivity contribution in [2.75, 3.05) is 18.7 Å². The highest BCUT2D eigenvalue weighted by Crippen LogP contribution is 2.34. The molecule has 0 saturated carbocycles. The molecule has 1 aliphatic rings. The number of hydrogen-bond donors (Lipinski definition) is 2. The normalized spacial score (nSPS) is 14.0.